The highest BCUT2D eigenvalue weighted by Crippen LogP contribution is 2.25. The zero-order valence-corrected chi connectivity index (χ0v) is 10.4. The normalized spacial score (nSPS) is 11.8. The maximum absolute atomic E-state index is 12.7. The number of halogens is 1. The molecule has 0 N–H and O–H groups in total. The fraction of sp³-hybridized carbons (Fsp3) is 0.571. The third-order valence-electron chi connectivity index (χ3n) is 3.34. The molecule has 2 heteroatoms. The predicted molar refractivity (Wildman–Crippen MR) is 64.7 cm³/mol. The minimum absolute atomic E-state index is 0.198. The quantitative estimate of drug-likeness (QED) is 0.704. The van der Waals surface area contributed by atoms with Gasteiger partial charge in [-0.05, 0) is 36.0 Å². The van der Waals surface area contributed by atoms with E-state index in [1.165, 1.54) is 12.1 Å². The monoisotopic (exact) mass is 224 g/mol. The Balaban J connectivity index is 2.38. The molecule has 0 saturated heterocycles. The fourth-order valence-electron chi connectivity index (χ4n) is 1.45. The number of hydrogen-bond donors (Lipinski definition) is 0. The molecule has 0 radical (unpaired) electrons. The summed E-state index contributed by atoms with van der Waals surface area (Å²) in [6, 6.07) is 6.48. The lowest BCUT2D eigenvalue weighted by Gasteiger charge is -2.26. The van der Waals surface area contributed by atoms with Gasteiger partial charge in [0.15, 0.2) is 0 Å². The van der Waals surface area contributed by atoms with E-state index in [0.29, 0.717) is 6.61 Å². The van der Waals surface area contributed by atoms with Crippen molar-refractivity contribution in [1.82, 2.24) is 0 Å². The molecular weight excluding hydrogens is 203 g/mol. The van der Waals surface area contributed by atoms with E-state index >= 15 is 0 Å². The number of benzene rings is 1. The molecule has 90 valence electrons. The highest BCUT2D eigenvalue weighted by Gasteiger charge is 2.19. The van der Waals surface area contributed by atoms with Gasteiger partial charge in [-0.3, -0.25) is 0 Å². The summed E-state index contributed by atoms with van der Waals surface area (Å²) in [6.45, 7) is 7.93. The zero-order valence-electron chi connectivity index (χ0n) is 10.4. The van der Waals surface area contributed by atoms with Crippen LogP contribution in [0, 0.1) is 11.2 Å². The smallest absolute Gasteiger partial charge is 0.123 e. The van der Waals surface area contributed by atoms with Crippen LogP contribution >= 0.6 is 0 Å². The molecule has 0 aliphatic heterocycles. The largest absolute Gasteiger partial charge is 0.376 e. The van der Waals surface area contributed by atoms with Crippen molar-refractivity contribution in [3.63, 3.8) is 0 Å². The van der Waals surface area contributed by atoms with Crippen molar-refractivity contribution in [1.29, 1.82) is 0 Å². The Bertz CT molecular complexity index is 301. The summed E-state index contributed by atoms with van der Waals surface area (Å²) < 4.78 is 18.4. The van der Waals surface area contributed by atoms with Crippen molar-refractivity contribution in [3.05, 3.63) is 35.6 Å². The van der Waals surface area contributed by atoms with Crippen LogP contribution in [0.2, 0.25) is 0 Å². The first-order valence-corrected chi connectivity index (χ1v) is 5.92. The van der Waals surface area contributed by atoms with E-state index in [2.05, 4.69) is 20.8 Å². The molecule has 1 aromatic carbocycles. The Morgan fingerprint density at radius 3 is 2.19 bits per heavy atom. The van der Waals surface area contributed by atoms with Crippen molar-refractivity contribution in [2.24, 2.45) is 5.41 Å². The maximum atomic E-state index is 12.7. The molecule has 1 aromatic rings. The number of ether oxygens (including phenoxy) is 1. The van der Waals surface area contributed by atoms with E-state index in [-0.39, 0.29) is 11.2 Å². The molecule has 0 atom stereocenters. The third kappa shape index (κ3) is 3.93. The van der Waals surface area contributed by atoms with Crippen molar-refractivity contribution in [2.75, 3.05) is 6.61 Å². The molecule has 0 aromatic heterocycles. The Kier molecular flexibility index (Phi) is 4.94. The van der Waals surface area contributed by atoms with E-state index in [0.717, 1.165) is 25.0 Å². The summed E-state index contributed by atoms with van der Waals surface area (Å²) in [4.78, 5) is 0. The van der Waals surface area contributed by atoms with Gasteiger partial charge < -0.3 is 4.74 Å². The Morgan fingerprint density at radius 1 is 1.12 bits per heavy atom. The average molecular weight is 224 g/mol. The lowest BCUT2D eigenvalue weighted by molar-refractivity contribution is 0.0381. The standard InChI is InChI=1S/C14H21FO/c1-4-14(3,5-2)11-16-10-12-6-8-13(15)9-7-12/h6-9H,4-5,10-11H2,1-3H3. The van der Waals surface area contributed by atoms with Crippen LogP contribution in [0.1, 0.15) is 39.2 Å². The van der Waals surface area contributed by atoms with Gasteiger partial charge >= 0.3 is 0 Å². The van der Waals surface area contributed by atoms with Gasteiger partial charge in [0.2, 0.25) is 0 Å². The molecule has 1 rings (SSSR count). The first-order valence-electron chi connectivity index (χ1n) is 5.92. The van der Waals surface area contributed by atoms with Crippen LogP contribution in [-0.4, -0.2) is 6.61 Å². The second kappa shape index (κ2) is 6.00. The molecule has 0 aliphatic carbocycles. The molecule has 16 heavy (non-hydrogen) atoms. The molecule has 0 aliphatic rings. The van der Waals surface area contributed by atoms with Crippen LogP contribution in [-0.2, 0) is 11.3 Å². The summed E-state index contributed by atoms with van der Waals surface area (Å²) in [5, 5.41) is 0. The summed E-state index contributed by atoms with van der Waals surface area (Å²) >= 11 is 0. The maximum Gasteiger partial charge on any atom is 0.123 e. The molecule has 0 heterocycles. The summed E-state index contributed by atoms with van der Waals surface area (Å²) in [6.07, 6.45) is 2.24. The van der Waals surface area contributed by atoms with Crippen molar-refractivity contribution in [3.8, 4) is 0 Å². The topological polar surface area (TPSA) is 9.23 Å². The van der Waals surface area contributed by atoms with Gasteiger partial charge in [-0.1, -0.05) is 32.9 Å². The van der Waals surface area contributed by atoms with Crippen molar-refractivity contribution >= 4 is 0 Å². The molecule has 0 unspecified atom stereocenters. The predicted octanol–water partition coefficient (Wildman–Crippen LogP) is 4.17. The van der Waals surface area contributed by atoms with Crippen LogP contribution in [0.3, 0.4) is 0 Å². The Hall–Kier alpha value is -0.890. The molecule has 0 bridgehead atoms. The van der Waals surface area contributed by atoms with E-state index in [1.807, 2.05) is 0 Å². The molecule has 0 saturated carbocycles. The van der Waals surface area contributed by atoms with Gasteiger partial charge in [0, 0.05) is 0 Å². The van der Waals surface area contributed by atoms with E-state index in [9.17, 15) is 4.39 Å². The average Bonchev–Trinajstić information content (AvgIpc) is 2.31. The molecule has 0 fully saturated rings. The second-order valence-corrected chi connectivity index (χ2v) is 4.64. The minimum Gasteiger partial charge on any atom is -0.376 e. The summed E-state index contributed by atoms with van der Waals surface area (Å²) in [7, 11) is 0. The van der Waals surface area contributed by atoms with Crippen LogP contribution < -0.4 is 0 Å². The molecule has 0 amide bonds. The summed E-state index contributed by atoms with van der Waals surface area (Å²) in [5.41, 5.74) is 1.29. The van der Waals surface area contributed by atoms with Gasteiger partial charge in [-0.2, -0.15) is 0 Å². The first kappa shape index (κ1) is 13.2. The van der Waals surface area contributed by atoms with Crippen molar-refractivity contribution < 1.29 is 9.13 Å². The summed E-state index contributed by atoms with van der Waals surface area (Å²) in [5.74, 6) is -0.198. The lowest BCUT2D eigenvalue weighted by Crippen LogP contribution is -2.21. The SMILES string of the molecule is CCC(C)(CC)COCc1ccc(F)cc1. The van der Waals surface area contributed by atoms with Crippen LogP contribution in [0.5, 0.6) is 0 Å². The van der Waals surface area contributed by atoms with Crippen LogP contribution in [0.25, 0.3) is 0 Å². The van der Waals surface area contributed by atoms with Gasteiger partial charge in [-0.25, -0.2) is 4.39 Å². The lowest BCUT2D eigenvalue weighted by atomic mass is 9.86. The number of rotatable bonds is 6. The molecule has 0 spiro atoms. The fourth-order valence-corrected chi connectivity index (χ4v) is 1.45. The van der Waals surface area contributed by atoms with E-state index in [4.69, 9.17) is 4.74 Å². The highest BCUT2D eigenvalue weighted by molar-refractivity contribution is 5.14. The zero-order chi connectivity index (χ0) is 12.0. The second-order valence-electron chi connectivity index (χ2n) is 4.64. The third-order valence-corrected chi connectivity index (χ3v) is 3.34. The van der Waals surface area contributed by atoms with E-state index in [1.54, 1.807) is 12.1 Å². The van der Waals surface area contributed by atoms with Gasteiger partial charge in [0.1, 0.15) is 5.82 Å². The highest BCUT2D eigenvalue weighted by atomic mass is 19.1. The van der Waals surface area contributed by atoms with Gasteiger partial charge in [0.25, 0.3) is 0 Å². The van der Waals surface area contributed by atoms with Gasteiger partial charge in [0.05, 0.1) is 13.2 Å². The Morgan fingerprint density at radius 2 is 1.69 bits per heavy atom. The van der Waals surface area contributed by atoms with Crippen molar-refractivity contribution in [2.45, 2.75) is 40.2 Å². The van der Waals surface area contributed by atoms with Gasteiger partial charge in [-0.15, -0.1) is 0 Å². The van der Waals surface area contributed by atoms with E-state index < -0.39 is 0 Å². The minimum atomic E-state index is -0.198. The van der Waals surface area contributed by atoms with Crippen LogP contribution in [0.4, 0.5) is 4.39 Å². The molecule has 1 nitrogen and oxygen atoms in total. The first-order chi connectivity index (χ1) is 7.59. The molecular formula is C14H21FO. The Labute approximate surface area is 97.6 Å². The number of hydrogen-bond acceptors (Lipinski definition) is 1. The van der Waals surface area contributed by atoms with Crippen LogP contribution in [0.15, 0.2) is 24.3 Å².